The monoisotopic (exact) mass is 312 g/mol. The Bertz CT molecular complexity index is 909. The van der Waals surface area contributed by atoms with Crippen molar-refractivity contribution in [2.75, 3.05) is 20.6 Å². The van der Waals surface area contributed by atoms with E-state index in [1.54, 1.807) is 0 Å². The second-order valence-electron chi connectivity index (χ2n) is 6.41. The summed E-state index contributed by atoms with van der Waals surface area (Å²) in [6, 6.07) is 10.6. The lowest BCUT2D eigenvalue weighted by molar-refractivity contribution is 0.414. The van der Waals surface area contributed by atoms with E-state index < -0.39 is 11.6 Å². The number of nitrogens with zero attached hydrogens (tertiary/aromatic N) is 2. The fraction of sp³-hybridized carbons (Fsp3) is 0.263. The summed E-state index contributed by atoms with van der Waals surface area (Å²) < 4.78 is 30.2. The number of hydrogen-bond donors (Lipinski definition) is 0. The maximum absolute atomic E-state index is 14.5. The molecule has 1 aliphatic heterocycles. The quantitative estimate of drug-likeness (QED) is 0.554. The molecule has 0 saturated carbocycles. The van der Waals surface area contributed by atoms with Crippen LogP contribution in [0.3, 0.4) is 0 Å². The van der Waals surface area contributed by atoms with Crippen molar-refractivity contribution in [3.63, 3.8) is 0 Å². The molecule has 23 heavy (non-hydrogen) atoms. The van der Waals surface area contributed by atoms with Crippen LogP contribution in [0.2, 0.25) is 0 Å². The number of benzene rings is 2. The van der Waals surface area contributed by atoms with Crippen molar-refractivity contribution in [1.29, 1.82) is 0 Å². The Labute approximate surface area is 133 Å². The average molecular weight is 312 g/mol. The third-order valence-corrected chi connectivity index (χ3v) is 4.59. The molecule has 0 unspecified atom stereocenters. The summed E-state index contributed by atoms with van der Waals surface area (Å²) in [6.07, 6.45) is 0.767. The van der Waals surface area contributed by atoms with Crippen LogP contribution in [0.15, 0.2) is 36.4 Å². The zero-order valence-electron chi connectivity index (χ0n) is 13.2. The summed E-state index contributed by atoms with van der Waals surface area (Å²) in [5, 5.41) is 0.703. The van der Waals surface area contributed by atoms with E-state index in [9.17, 15) is 8.78 Å². The Kier molecular flexibility index (Phi) is 3.23. The summed E-state index contributed by atoms with van der Waals surface area (Å²) in [4.78, 5) is 2.09. The van der Waals surface area contributed by atoms with Gasteiger partial charge in [-0.3, -0.25) is 0 Å². The van der Waals surface area contributed by atoms with Gasteiger partial charge in [0.25, 0.3) is 0 Å². The SMILES string of the molecule is CN(C)CCc1c2n(c3c(F)cc(F)cc13)Cc1ccccc1-2. The lowest BCUT2D eigenvalue weighted by Crippen LogP contribution is -2.15. The molecule has 0 spiro atoms. The summed E-state index contributed by atoms with van der Waals surface area (Å²) in [5.41, 5.74) is 4.93. The van der Waals surface area contributed by atoms with Crippen molar-refractivity contribution in [3.05, 3.63) is 59.2 Å². The summed E-state index contributed by atoms with van der Waals surface area (Å²) in [7, 11) is 4.02. The van der Waals surface area contributed by atoms with E-state index in [1.165, 1.54) is 11.6 Å². The minimum atomic E-state index is -0.515. The van der Waals surface area contributed by atoms with Crippen molar-refractivity contribution < 1.29 is 8.78 Å². The molecule has 1 aliphatic rings. The van der Waals surface area contributed by atoms with E-state index in [2.05, 4.69) is 17.0 Å². The third-order valence-electron chi connectivity index (χ3n) is 4.59. The molecular formula is C19H18F2N2. The zero-order valence-corrected chi connectivity index (χ0v) is 13.2. The molecule has 0 radical (unpaired) electrons. The number of halogens is 2. The maximum Gasteiger partial charge on any atom is 0.150 e. The molecule has 2 heterocycles. The molecule has 0 amide bonds. The van der Waals surface area contributed by atoms with Gasteiger partial charge >= 0.3 is 0 Å². The first-order valence-electron chi connectivity index (χ1n) is 7.79. The molecule has 1 aromatic heterocycles. The molecule has 0 fully saturated rings. The number of fused-ring (bicyclic) bond motifs is 5. The van der Waals surface area contributed by atoms with Gasteiger partial charge in [-0.15, -0.1) is 0 Å². The Morgan fingerprint density at radius 3 is 2.70 bits per heavy atom. The van der Waals surface area contributed by atoms with Crippen LogP contribution in [0.1, 0.15) is 11.1 Å². The van der Waals surface area contributed by atoms with E-state index in [-0.39, 0.29) is 0 Å². The summed E-state index contributed by atoms with van der Waals surface area (Å²) in [6.45, 7) is 1.49. The molecule has 2 nitrogen and oxygen atoms in total. The van der Waals surface area contributed by atoms with Crippen molar-refractivity contribution in [2.45, 2.75) is 13.0 Å². The Hall–Kier alpha value is -2.20. The molecule has 4 rings (SSSR count). The van der Waals surface area contributed by atoms with Crippen molar-refractivity contribution in [2.24, 2.45) is 0 Å². The molecule has 0 saturated heterocycles. The van der Waals surface area contributed by atoms with Crippen LogP contribution in [0, 0.1) is 11.6 Å². The predicted molar refractivity (Wildman–Crippen MR) is 88.7 cm³/mol. The molecule has 0 N–H and O–H groups in total. The van der Waals surface area contributed by atoms with Gasteiger partial charge in [-0.2, -0.15) is 0 Å². The minimum absolute atomic E-state index is 0.481. The highest BCUT2D eigenvalue weighted by molar-refractivity contribution is 5.94. The Morgan fingerprint density at radius 1 is 1.13 bits per heavy atom. The van der Waals surface area contributed by atoms with Gasteiger partial charge in [-0.25, -0.2) is 8.78 Å². The topological polar surface area (TPSA) is 8.17 Å². The van der Waals surface area contributed by atoms with Gasteiger partial charge in [0.15, 0.2) is 0 Å². The van der Waals surface area contributed by atoms with E-state index in [0.29, 0.717) is 17.4 Å². The van der Waals surface area contributed by atoms with Gasteiger partial charge in [-0.1, -0.05) is 24.3 Å². The fourth-order valence-electron chi connectivity index (χ4n) is 3.59. The van der Waals surface area contributed by atoms with Gasteiger partial charge in [0.05, 0.1) is 11.2 Å². The predicted octanol–water partition coefficient (Wildman–Crippen LogP) is 4.05. The van der Waals surface area contributed by atoms with Crippen molar-refractivity contribution in [3.8, 4) is 11.3 Å². The van der Waals surface area contributed by atoms with Crippen molar-refractivity contribution in [1.82, 2.24) is 9.47 Å². The van der Waals surface area contributed by atoms with E-state index in [4.69, 9.17) is 0 Å². The molecule has 2 aromatic carbocycles. The van der Waals surface area contributed by atoms with Crippen LogP contribution in [-0.2, 0) is 13.0 Å². The third kappa shape index (κ3) is 2.17. The average Bonchev–Trinajstić information content (AvgIpc) is 2.99. The van der Waals surface area contributed by atoms with Gasteiger partial charge in [0.1, 0.15) is 11.6 Å². The molecule has 0 aliphatic carbocycles. The Morgan fingerprint density at radius 2 is 1.91 bits per heavy atom. The molecule has 3 aromatic rings. The van der Waals surface area contributed by atoms with Gasteiger partial charge < -0.3 is 9.47 Å². The van der Waals surface area contributed by atoms with E-state index in [1.807, 2.05) is 30.8 Å². The van der Waals surface area contributed by atoms with Crippen molar-refractivity contribution >= 4 is 10.9 Å². The first kappa shape index (κ1) is 14.4. The van der Waals surface area contributed by atoms with Crippen LogP contribution < -0.4 is 0 Å². The molecular weight excluding hydrogens is 294 g/mol. The second-order valence-corrected chi connectivity index (χ2v) is 6.41. The summed E-state index contributed by atoms with van der Waals surface area (Å²) in [5.74, 6) is -0.996. The first-order valence-corrected chi connectivity index (χ1v) is 7.79. The van der Waals surface area contributed by atoms with Crippen LogP contribution in [0.25, 0.3) is 22.2 Å². The molecule has 0 bridgehead atoms. The van der Waals surface area contributed by atoms with Crippen LogP contribution in [-0.4, -0.2) is 30.1 Å². The van der Waals surface area contributed by atoms with Gasteiger partial charge in [0, 0.05) is 30.1 Å². The number of rotatable bonds is 3. The van der Waals surface area contributed by atoms with Crippen LogP contribution >= 0.6 is 0 Å². The van der Waals surface area contributed by atoms with E-state index in [0.717, 1.165) is 35.9 Å². The fourth-order valence-corrected chi connectivity index (χ4v) is 3.59. The number of hydrogen-bond acceptors (Lipinski definition) is 1. The van der Waals surface area contributed by atoms with Crippen LogP contribution in [0.4, 0.5) is 8.78 Å². The first-order chi connectivity index (χ1) is 11.1. The largest absolute Gasteiger partial charge is 0.333 e. The molecule has 0 atom stereocenters. The number of aromatic nitrogens is 1. The van der Waals surface area contributed by atoms with Gasteiger partial charge in [0.2, 0.25) is 0 Å². The van der Waals surface area contributed by atoms with Gasteiger partial charge in [-0.05, 0) is 37.7 Å². The highest BCUT2D eigenvalue weighted by Gasteiger charge is 2.27. The lowest BCUT2D eigenvalue weighted by atomic mass is 10.00. The smallest absolute Gasteiger partial charge is 0.150 e. The number of likely N-dealkylation sites (N-methyl/N-ethyl adjacent to an activating group) is 1. The molecule has 4 heteroatoms. The normalized spacial score (nSPS) is 12.9. The standard InChI is InChI=1S/C19H18F2N2/c1-22(2)8-7-15-16-9-13(20)10-17(21)19(16)23-11-12-5-3-4-6-14(12)18(15)23/h3-6,9-10H,7-8,11H2,1-2H3. The zero-order chi connectivity index (χ0) is 16.1. The minimum Gasteiger partial charge on any atom is -0.333 e. The van der Waals surface area contributed by atoms with E-state index >= 15 is 0 Å². The highest BCUT2D eigenvalue weighted by atomic mass is 19.1. The lowest BCUT2D eigenvalue weighted by Gasteiger charge is -2.10. The Balaban J connectivity index is 2.02. The second kappa shape index (κ2) is 5.17. The van der Waals surface area contributed by atoms with Crippen LogP contribution in [0.5, 0.6) is 0 Å². The molecule has 118 valence electrons. The highest BCUT2D eigenvalue weighted by Crippen LogP contribution is 2.42. The maximum atomic E-state index is 14.5. The summed E-state index contributed by atoms with van der Waals surface area (Å²) >= 11 is 0.